The quantitative estimate of drug-likeness (QED) is 0.758. The van der Waals surface area contributed by atoms with Gasteiger partial charge in [0.1, 0.15) is 0 Å². The standard InChI is InChI=1S/C11H16N2O2/c1-15-11(14)10-12-7-9(13-10)8-5-3-2-4-6-8/h7-8H,2-6H2,1H3,(H,12,13). The molecule has 1 aliphatic rings. The van der Waals surface area contributed by atoms with Crippen molar-refractivity contribution in [3.05, 3.63) is 17.7 Å². The summed E-state index contributed by atoms with van der Waals surface area (Å²) in [6.07, 6.45) is 8.04. The van der Waals surface area contributed by atoms with E-state index in [9.17, 15) is 4.79 Å². The van der Waals surface area contributed by atoms with Gasteiger partial charge in [0, 0.05) is 17.8 Å². The fourth-order valence-electron chi connectivity index (χ4n) is 2.16. The molecule has 1 N–H and O–H groups in total. The largest absolute Gasteiger partial charge is 0.463 e. The first-order valence-corrected chi connectivity index (χ1v) is 5.44. The Balaban J connectivity index is 2.08. The van der Waals surface area contributed by atoms with Crippen LogP contribution >= 0.6 is 0 Å². The number of hydrogen-bond donors (Lipinski definition) is 1. The highest BCUT2D eigenvalue weighted by Crippen LogP contribution is 2.31. The summed E-state index contributed by atoms with van der Waals surface area (Å²) in [7, 11) is 1.37. The predicted molar refractivity (Wildman–Crippen MR) is 55.8 cm³/mol. The summed E-state index contributed by atoms with van der Waals surface area (Å²) >= 11 is 0. The first kappa shape index (κ1) is 10.2. The second-order valence-electron chi connectivity index (χ2n) is 4.01. The normalized spacial score (nSPS) is 17.7. The van der Waals surface area contributed by atoms with Crippen LogP contribution in [0, 0.1) is 0 Å². The molecule has 1 aliphatic carbocycles. The smallest absolute Gasteiger partial charge is 0.374 e. The first-order chi connectivity index (χ1) is 7.31. The Morgan fingerprint density at radius 1 is 1.47 bits per heavy atom. The van der Waals surface area contributed by atoms with Gasteiger partial charge in [-0.3, -0.25) is 0 Å². The molecule has 0 amide bonds. The summed E-state index contributed by atoms with van der Waals surface area (Å²) in [4.78, 5) is 18.3. The molecule has 0 unspecified atom stereocenters. The molecule has 15 heavy (non-hydrogen) atoms. The van der Waals surface area contributed by atoms with Gasteiger partial charge in [-0.1, -0.05) is 19.3 Å². The van der Waals surface area contributed by atoms with Crippen molar-refractivity contribution in [2.75, 3.05) is 7.11 Å². The number of nitrogens with one attached hydrogen (secondary N) is 1. The van der Waals surface area contributed by atoms with Crippen LogP contribution in [-0.4, -0.2) is 23.0 Å². The third-order valence-corrected chi connectivity index (χ3v) is 3.02. The highest BCUT2D eigenvalue weighted by molar-refractivity contribution is 5.85. The van der Waals surface area contributed by atoms with E-state index in [0.29, 0.717) is 11.7 Å². The average Bonchev–Trinajstić information content (AvgIpc) is 2.78. The van der Waals surface area contributed by atoms with E-state index in [1.54, 1.807) is 6.20 Å². The summed E-state index contributed by atoms with van der Waals surface area (Å²) in [5, 5.41) is 0. The fourth-order valence-corrected chi connectivity index (χ4v) is 2.16. The van der Waals surface area contributed by atoms with E-state index < -0.39 is 5.97 Å². The van der Waals surface area contributed by atoms with E-state index in [4.69, 9.17) is 0 Å². The van der Waals surface area contributed by atoms with Gasteiger partial charge in [-0.05, 0) is 12.8 Å². The van der Waals surface area contributed by atoms with Crippen LogP contribution in [0.2, 0.25) is 0 Å². The molecule has 1 aromatic rings. The van der Waals surface area contributed by atoms with Gasteiger partial charge in [-0.15, -0.1) is 0 Å². The number of aromatic nitrogens is 2. The molecule has 0 atom stereocenters. The zero-order chi connectivity index (χ0) is 10.7. The van der Waals surface area contributed by atoms with E-state index >= 15 is 0 Å². The molecule has 1 aromatic heterocycles. The maximum atomic E-state index is 11.2. The van der Waals surface area contributed by atoms with Crippen molar-refractivity contribution in [2.24, 2.45) is 0 Å². The highest BCUT2D eigenvalue weighted by Gasteiger charge is 2.19. The van der Waals surface area contributed by atoms with Crippen LogP contribution in [0.5, 0.6) is 0 Å². The minimum Gasteiger partial charge on any atom is -0.463 e. The molecular formula is C11H16N2O2. The zero-order valence-electron chi connectivity index (χ0n) is 8.95. The third kappa shape index (κ3) is 2.19. The lowest BCUT2D eigenvalue weighted by molar-refractivity contribution is 0.0588. The van der Waals surface area contributed by atoms with Gasteiger partial charge in [0.25, 0.3) is 0 Å². The second-order valence-corrected chi connectivity index (χ2v) is 4.01. The number of H-pyrrole nitrogens is 1. The molecule has 4 nitrogen and oxygen atoms in total. The number of rotatable bonds is 2. The Hall–Kier alpha value is -1.32. The van der Waals surface area contributed by atoms with Crippen LogP contribution in [0.25, 0.3) is 0 Å². The Morgan fingerprint density at radius 3 is 2.87 bits per heavy atom. The minimum absolute atomic E-state index is 0.318. The molecule has 0 radical (unpaired) electrons. The maximum absolute atomic E-state index is 11.2. The lowest BCUT2D eigenvalue weighted by atomic mass is 9.87. The Morgan fingerprint density at radius 2 is 2.20 bits per heavy atom. The molecular weight excluding hydrogens is 192 g/mol. The van der Waals surface area contributed by atoms with Crippen molar-refractivity contribution in [3.8, 4) is 0 Å². The third-order valence-electron chi connectivity index (χ3n) is 3.02. The second kappa shape index (κ2) is 4.47. The maximum Gasteiger partial charge on any atom is 0.374 e. The highest BCUT2D eigenvalue weighted by atomic mass is 16.5. The van der Waals surface area contributed by atoms with Crippen LogP contribution in [0.15, 0.2) is 6.20 Å². The average molecular weight is 208 g/mol. The van der Waals surface area contributed by atoms with E-state index in [1.807, 2.05) is 0 Å². The summed E-state index contributed by atoms with van der Waals surface area (Å²) in [5.74, 6) is 0.472. The SMILES string of the molecule is COC(=O)c1ncc(C2CCCCC2)[nH]1. The molecule has 2 rings (SSSR count). The molecule has 0 aromatic carbocycles. The van der Waals surface area contributed by atoms with E-state index in [0.717, 1.165) is 5.69 Å². The molecule has 1 fully saturated rings. The van der Waals surface area contributed by atoms with Gasteiger partial charge < -0.3 is 9.72 Å². The van der Waals surface area contributed by atoms with E-state index in [2.05, 4.69) is 14.7 Å². The molecule has 1 saturated carbocycles. The number of nitrogens with zero attached hydrogens (tertiary/aromatic N) is 1. The fraction of sp³-hybridized carbons (Fsp3) is 0.636. The van der Waals surface area contributed by atoms with E-state index in [-0.39, 0.29) is 0 Å². The number of methoxy groups -OCH3 is 1. The van der Waals surface area contributed by atoms with Crippen LogP contribution in [0.3, 0.4) is 0 Å². The number of carbonyl (C=O) groups is 1. The monoisotopic (exact) mass is 208 g/mol. The number of ether oxygens (including phenoxy) is 1. The van der Waals surface area contributed by atoms with E-state index in [1.165, 1.54) is 39.2 Å². The van der Waals surface area contributed by atoms with Crippen molar-refractivity contribution in [2.45, 2.75) is 38.0 Å². The molecule has 82 valence electrons. The molecule has 0 spiro atoms. The van der Waals surface area contributed by atoms with Crippen molar-refractivity contribution in [1.29, 1.82) is 0 Å². The van der Waals surface area contributed by atoms with Gasteiger partial charge in [0.05, 0.1) is 7.11 Å². The number of imidazole rings is 1. The lowest BCUT2D eigenvalue weighted by Gasteiger charge is -2.19. The summed E-state index contributed by atoms with van der Waals surface area (Å²) in [5.41, 5.74) is 1.08. The van der Waals surface area contributed by atoms with Gasteiger partial charge >= 0.3 is 5.97 Å². The number of aromatic amines is 1. The van der Waals surface area contributed by atoms with Gasteiger partial charge in [0.15, 0.2) is 0 Å². The molecule has 1 heterocycles. The zero-order valence-corrected chi connectivity index (χ0v) is 8.95. The van der Waals surface area contributed by atoms with Crippen molar-refractivity contribution < 1.29 is 9.53 Å². The Bertz CT molecular complexity index is 340. The Kier molecular flexibility index (Phi) is 3.04. The topological polar surface area (TPSA) is 55.0 Å². The molecule has 0 aliphatic heterocycles. The van der Waals surface area contributed by atoms with Crippen molar-refractivity contribution in [3.63, 3.8) is 0 Å². The Labute approximate surface area is 89.0 Å². The molecule has 0 bridgehead atoms. The summed E-state index contributed by atoms with van der Waals surface area (Å²) in [6, 6.07) is 0. The van der Waals surface area contributed by atoms with Gasteiger partial charge in [0.2, 0.25) is 5.82 Å². The molecule has 0 saturated heterocycles. The van der Waals surface area contributed by atoms with Gasteiger partial charge in [-0.25, -0.2) is 9.78 Å². The summed E-state index contributed by atoms with van der Waals surface area (Å²) in [6.45, 7) is 0. The number of carbonyl (C=O) groups excluding carboxylic acids is 1. The predicted octanol–water partition coefficient (Wildman–Crippen LogP) is 2.24. The van der Waals surface area contributed by atoms with Crippen LogP contribution in [-0.2, 0) is 4.74 Å². The lowest BCUT2D eigenvalue weighted by Crippen LogP contribution is -2.07. The van der Waals surface area contributed by atoms with Crippen molar-refractivity contribution in [1.82, 2.24) is 9.97 Å². The first-order valence-electron chi connectivity index (χ1n) is 5.44. The van der Waals surface area contributed by atoms with Gasteiger partial charge in [-0.2, -0.15) is 0 Å². The van der Waals surface area contributed by atoms with Crippen molar-refractivity contribution >= 4 is 5.97 Å². The van der Waals surface area contributed by atoms with Crippen LogP contribution < -0.4 is 0 Å². The number of esters is 1. The summed E-state index contributed by atoms with van der Waals surface area (Å²) < 4.78 is 4.60. The molecule has 4 heteroatoms. The van der Waals surface area contributed by atoms with Crippen LogP contribution in [0.1, 0.15) is 54.3 Å². The van der Waals surface area contributed by atoms with Crippen LogP contribution in [0.4, 0.5) is 0 Å². The minimum atomic E-state index is -0.392. The number of hydrogen-bond acceptors (Lipinski definition) is 3.